The average Bonchev–Trinajstić information content (AvgIpc) is 3.39. The molecule has 8 nitrogen and oxygen atoms in total. The van der Waals surface area contributed by atoms with E-state index in [1.54, 1.807) is 24.8 Å². The highest BCUT2D eigenvalue weighted by atomic mass is 16.5. The molecule has 68 heavy (non-hydrogen) atoms. The fourth-order valence-corrected chi connectivity index (χ4v) is 8.34. The van der Waals surface area contributed by atoms with Gasteiger partial charge in [-0.15, -0.1) is 0 Å². The highest BCUT2D eigenvalue weighted by Crippen LogP contribution is 2.41. The van der Waals surface area contributed by atoms with Crippen molar-refractivity contribution in [2.45, 2.75) is 0 Å². The lowest BCUT2D eigenvalue weighted by atomic mass is 9.86. The van der Waals surface area contributed by atoms with Gasteiger partial charge in [-0.2, -0.15) is 9.97 Å². The minimum Gasteiger partial charge on any atom is -0.437 e. The Kier molecular flexibility index (Phi) is 11.5. The first-order valence-electron chi connectivity index (χ1n) is 22.1. The normalized spacial score (nSPS) is 11.9. The van der Waals surface area contributed by atoms with Crippen LogP contribution in [0.25, 0.3) is 22.3 Å². The van der Waals surface area contributed by atoms with Gasteiger partial charge in [0.2, 0.25) is 23.5 Å². The third-order valence-corrected chi connectivity index (χ3v) is 11.4. The molecule has 10 aromatic rings. The summed E-state index contributed by atoms with van der Waals surface area (Å²) in [6.07, 6.45) is 6.30. The number of nitrogens with zero attached hydrogens (tertiary/aromatic N) is 4. The standard InChI is InChI=1S/C60H40N4O4/c1-5-13-41(14-6-1)57(42-15-7-2-8-16-42)59-45-21-29-49(30-22-45)65-53-37-61-39-55(63-53)67-51-33-25-47(26-34-51)60(58(43-17-9-3-10-18-43)44-19-11-4-12-20-44)48-27-35-52(36-28-48)68-56-40-62-38-54(64-56)66-50-31-23-46(59)24-32-50/h1-40H. The van der Waals surface area contributed by atoms with Gasteiger partial charge in [-0.1, -0.05) is 170 Å². The van der Waals surface area contributed by atoms with Gasteiger partial charge in [0.1, 0.15) is 23.0 Å². The predicted molar refractivity (Wildman–Crippen MR) is 266 cm³/mol. The maximum Gasteiger partial charge on any atom is 0.241 e. The molecular weight excluding hydrogens is 841 g/mol. The Morgan fingerprint density at radius 1 is 0.250 bits per heavy atom. The van der Waals surface area contributed by atoms with Crippen molar-refractivity contribution in [3.05, 3.63) is 288 Å². The van der Waals surface area contributed by atoms with Gasteiger partial charge in [0.15, 0.2) is 0 Å². The van der Waals surface area contributed by atoms with Crippen molar-refractivity contribution >= 4 is 22.3 Å². The van der Waals surface area contributed by atoms with Gasteiger partial charge < -0.3 is 18.9 Å². The van der Waals surface area contributed by atoms with Crippen LogP contribution < -0.4 is 18.9 Å². The molecule has 17 rings (SSSR count). The van der Waals surface area contributed by atoms with E-state index in [-0.39, 0.29) is 0 Å². The fourth-order valence-electron chi connectivity index (χ4n) is 8.34. The molecule has 8 aromatic carbocycles. The van der Waals surface area contributed by atoms with Crippen LogP contribution in [0.3, 0.4) is 0 Å². The van der Waals surface area contributed by atoms with Crippen LogP contribution in [0.5, 0.6) is 46.5 Å². The molecule has 9 heterocycles. The molecule has 0 unspecified atom stereocenters. The zero-order valence-corrected chi connectivity index (χ0v) is 36.5. The van der Waals surface area contributed by atoms with Crippen LogP contribution in [0.4, 0.5) is 0 Å². The van der Waals surface area contributed by atoms with Gasteiger partial charge in [-0.25, -0.2) is 0 Å². The van der Waals surface area contributed by atoms with Gasteiger partial charge in [-0.3, -0.25) is 9.97 Å². The molecule has 8 heteroatoms. The Labute approximate surface area is 393 Å². The van der Waals surface area contributed by atoms with E-state index >= 15 is 0 Å². The van der Waals surface area contributed by atoms with Gasteiger partial charge >= 0.3 is 0 Å². The Balaban J connectivity index is 1.03. The molecule has 12 bridgehead atoms. The van der Waals surface area contributed by atoms with Crippen LogP contribution in [-0.2, 0) is 0 Å². The summed E-state index contributed by atoms with van der Waals surface area (Å²) < 4.78 is 25.2. The lowest BCUT2D eigenvalue weighted by molar-refractivity contribution is 0.421. The number of hydrogen-bond donors (Lipinski definition) is 0. The minimum atomic E-state index is 0.295. The van der Waals surface area contributed by atoms with Crippen LogP contribution >= 0.6 is 0 Å². The van der Waals surface area contributed by atoms with E-state index in [1.807, 2.05) is 72.8 Å². The first-order valence-corrected chi connectivity index (χ1v) is 22.1. The average molecular weight is 881 g/mol. The molecule has 7 aliphatic heterocycles. The quantitative estimate of drug-likeness (QED) is 0.173. The van der Waals surface area contributed by atoms with Crippen molar-refractivity contribution in [1.29, 1.82) is 0 Å². The second kappa shape index (κ2) is 19.0. The van der Waals surface area contributed by atoms with Crippen molar-refractivity contribution in [2.24, 2.45) is 0 Å². The molecule has 2 aromatic heterocycles. The van der Waals surface area contributed by atoms with Crippen molar-refractivity contribution in [2.75, 3.05) is 0 Å². The van der Waals surface area contributed by atoms with E-state index in [2.05, 4.69) is 166 Å². The second-order valence-corrected chi connectivity index (χ2v) is 15.9. The van der Waals surface area contributed by atoms with Crippen LogP contribution in [0.15, 0.2) is 243 Å². The molecule has 0 saturated carbocycles. The topological polar surface area (TPSA) is 88.5 Å². The van der Waals surface area contributed by atoms with Crippen molar-refractivity contribution in [3.8, 4) is 46.5 Å². The smallest absolute Gasteiger partial charge is 0.241 e. The number of hydrogen-bond acceptors (Lipinski definition) is 8. The van der Waals surface area contributed by atoms with Crippen molar-refractivity contribution in [3.63, 3.8) is 0 Å². The summed E-state index contributed by atoms with van der Waals surface area (Å²) in [5.74, 6) is 3.55. The number of benzene rings is 8. The molecule has 0 fully saturated rings. The molecule has 7 aliphatic rings. The molecule has 0 aliphatic carbocycles. The van der Waals surface area contributed by atoms with E-state index in [4.69, 9.17) is 18.9 Å². The number of rotatable bonds is 4. The second-order valence-electron chi connectivity index (χ2n) is 15.9. The van der Waals surface area contributed by atoms with Gasteiger partial charge in [0, 0.05) is 0 Å². The summed E-state index contributed by atoms with van der Waals surface area (Å²) in [6.45, 7) is 0. The summed E-state index contributed by atoms with van der Waals surface area (Å²) in [6, 6.07) is 73.6. The summed E-state index contributed by atoms with van der Waals surface area (Å²) in [5.41, 5.74) is 12.4. The molecule has 0 N–H and O–H groups in total. The first kappa shape index (κ1) is 41.3. The fraction of sp³-hybridized carbons (Fsp3) is 0. The summed E-state index contributed by atoms with van der Waals surface area (Å²) in [4.78, 5) is 18.2. The third kappa shape index (κ3) is 9.11. The molecule has 0 saturated heterocycles. The maximum absolute atomic E-state index is 6.31. The molecular formula is C60H40N4O4. The Morgan fingerprint density at radius 2 is 0.471 bits per heavy atom. The first-order chi connectivity index (χ1) is 33.7. The highest BCUT2D eigenvalue weighted by Gasteiger charge is 2.19. The number of ether oxygens (including phenoxy) is 4. The van der Waals surface area contributed by atoms with Crippen LogP contribution in [0, 0.1) is 0 Å². The molecule has 0 atom stereocenters. The van der Waals surface area contributed by atoms with Gasteiger partial charge in [0.05, 0.1) is 24.8 Å². The van der Waals surface area contributed by atoms with Crippen LogP contribution in [0.2, 0.25) is 0 Å². The van der Waals surface area contributed by atoms with Crippen LogP contribution in [0.1, 0.15) is 44.5 Å². The third-order valence-electron chi connectivity index (χ3n) is 11.4. The molecule has 0 amide bonds. The Hall–Kier alpha value is -9.40. The van der Waals surface area contributed by atoms with Crippen molar-refractivity contribution < 1.29 is 18.9 Å². The Bertz CT molecular complexity index is 2940. The SMILES string of the molecule is c1ccc(C(=C2c3ccc(cc3)Oc3cncc(n3)Oc3ccc(cc3)C(=C(c3ccccc3)c3ccccc3)c3ccc(cc3)Oc3cncc(n3)Oc3ccc2cc3)c2ccccc2)cc1. The summed E-state index contributed by atoms with van der Waals surface area (Å²) in [7, 11) is 0. The zero-order valence-electron chi connectivity index (χ0n) is 36.5. The summed E-state index contributed by atoms with van der Waals surface area (Å²) >= 11 is 0. The van der Waals surface area contributed by atoms with Crippen molar-refractivity contribution in [1.82, 2.24) is 19.9 Å². The van der Waals surface area contributed by atoms with Crippen LogP contribution in [-0.4, -0.2) is 19.9 Å². The van der Waals surface area contributed by atoms with E-state index in [9.17, 15) is 0 Å². The maximum atomic E-state index is 6.31. The summed E-state index contributed by atoms with van der Waals surface area (Å²) in [5, 5.41) is 0. The minimum absolute atomic E-state index is 0.295. The van der Waals surface area contributed by atoms with Gasteiger partial charge in [-0.05, 0) is 115 Å². The Morgan fingerprint density at radius 3 is 0.691 bits per heavy atom. The monoisotopic (exact) mass is 880 g/mol. The van der Waals surface area contributed by atoms with E-state index in [0.717, 1.165) is 66.8 Å². The molecule has 324 valence electrons. The number of aromatic nitrogens is 4. The molecule has 0 radical (unpaired) electrons. The lowest BCUT2D eigenvalue weighted by Gasteiger charge is -2.19. The molecule has 0 spiro atoms. The van der Waals surface area contributed by atoms with E-state index in [0.29, 0.717) is 46.5 Å². The van der Waals surface area contributed by atoms with Gasteiger partial charge in [0.25, 0.3) is 0 Å². The lowest BCUT2D eigenvalue weighted by Crippen LogP contribution is -1.99. The largest absolute Gasteiger partial charge is 0.437 e. The van der Waals surface area contributed by atoms with E-state index < -0.39 is 0 Å². The highest BCUT2D eigenvalue weighted by molar-refractivity contribution is 6.05. The zero-order chi connectivity index (χ0) is 45.5. The predicted octanol–water partition coefficient (Wildman–Crippen LogP) is 14.8. The van der Waals surface area contributed by atoms with E-state index in [1.165, 1.54) is 0 Å².